The van der Waals surface area contributed by atoms with E-state index in [9.17, 15) is 45.5 Å². The molecule has 3 rings (SSSR count). The van der Waals surface area contributed by atoms with Crippen LogP contribution in [0.3, 0.4) is 0 Å². The summed E-state index contributed by atoms with van der Waals surface area (Å²) < 4.78 is 80.6. The molecule has 2 heterocycles. The number of rotatable bonds is 5. The number of piperidine rings is 1. The fourth-order valence-corrected chi connectivity index (χ4v) is 4.94. The largest absolute Gasteiger partial charge is 0.393 e. The van der Waals surface area contributed by atoms with Crippen molar-refractivity contribution in [3.05, 3.63) is 28.2 Å². The lowest BCUT2D eigenvalue weighted by Crippen LogP contribution is -2.51. The molecule has 15 heteroatoms. The van der Waals surface area contributed by atoms with E-state index in [2.05, 4.69) is 21.2 Å². The minimum absolute atomic E-state index is 0.103. The van der Waals surface area contributed by atoms with Crippen molar-refractivity contribution in [2.24, 2.45) is 11.8 Å². The quantitative estimate of drug-likeness (QED) is 0.498. The minimum Gasteiger partial charge on any atom is -0.339 e. The average Bonchev–Trinajstić information content (AvgIpc) is 2.86. The van der Waals surface area contributed by atoms with Crippen molar-refractivity contribution >= 4 is 45.2 Å². The monoisotopic (exact) mass is 628 g/mol. The number of carbonyl (C=O) groups excluding carboxylic acids is 4. The molecule has 0 aliphatic carbocycles. The van der Waals surface area contributed by atoms with Gasteiger partial charge in [-0.3, -0.25) is 19.2 Å². The molecule has 0 spiro atoms. The van der Waals surface area contributed by atoms with Crippen LogP contribution in [0.1, 0.15) is 36.5 Å². The number of carbonyl (C=O) groups is 4. The van der Waals surface area contributed by atoms with Crippen LogP contribution in [0.5, 0.6) is 0 Å². The number of likely N-dealkylation sites (tertiary alicyclic amines) is 1. The molecule has 0 aromatic heterocycles. The van der Waals surface area contributed by atoms with Gasteiger partial charge in [-0.15, -0.1) is 0 Å². The zero-order valence-electron chi connectivity index (χ0n) is 20.9. The highest BCUT2D eigenvalue weighted by molar-refractivity contribution is 9.10. The van der Waals surface area contributed by atoms with Gasteiger partial charge in [0.05, 0.1) is 23.1 Å². The fourth-order valence-electron chi connectivity index (χ4n) is 4.57. The number of anilines is 1. The molecule has 2 aliphatic heterocycles. The van der Waals surface area contributed by atoms with E-state index in [0.717, 1.165) is 0 Å². The maximum atomic E-state index is 13.4. The summed E-state index contributed by atoms with van der Waals surface area (Å²) in [6.07, 6.45) is -11.5. The highest BCUT2D eigenvalue weighted by Crippen LogP contribution is 2.42. The zero-order chi connectivity index (χ0) is 29.1. The van der Waals surface area contributed by atoms with Crippen molar-refractivity contribution in [1.29, 1.82) is 0 Å². The Kier molecular flexibility index (Phi) is 9.55. The van der Waals surface area contributed by atoms with Crippen molar-refractivity contribution < 1.29 is 45.5 Å². The van der Waals surface area contributed by atoms with Crippen LogP contribution in [0.4, 0.5) is 32.0 Å². The van der Waals surface area contributed by atoms with E-state index >= 15 is 0 Å². The molecule has 2 fully saturated rings. The van der Waals surface area contributed by atoms with Crippen LogP contribution >= 0.6 is 15.9 Å². The summed E-state index contributed by atoms with van der Waals surface area (Å²) in [5, 5.41) is 2.45. The standard InChI is InChI=1S/C24H27BrF6N4O4/c1-14(36)33-6-8-34(9-7-33)21(38)5-4-20(37)32-19-3-2-17(25)11-18(19)22(39)35-12-15(23(26,27)28)10-16(13-35)24(29,30)31/h2-3,11,15-16H,4-10,12-13H2,1H3,(H,32,37)/t15-,16+. The van der Waals surface area contributed by atoms with Gasteiger partial charge in [0.2, 0.25) is 17.7 Å². The van der Waals surface area contributed by atoms with Crippen molar-refractivity contribution in [3.63, 3.8) is 0 Å². The SMILES string of the molecule is CC(=O)N1CCN(C(=O)CCC(=O)Nc2ccc(Br)cc2C(=O)N2C[C@H](C(F)(F)F)C[C@H](C(F)(F)F)C2)CC1. The zero-order valence-corrected chi connectivity index (χ0v) is 22.5. The van der Waals surface area contributed by atoms with Crippen LogP contribution in [0.15, 0.2) is 22.7 Å². The first-order valence-corrected chi connectivity index (χ1v) is 12.9. The predicted octanol–water partition coefficient (Wildman–Crippen LogP) is 4.06. The molecular weight excluding hydrogens is 602 g/mol. The van der Waals surface area contributed by atoms with Crippen LogP contribution in [0.2, 0.25) is 0 Å². The molecule has 1 aromatic rings. The number of halogens is 7. The van der Waals surface area contributed by atoms with Crippen LogP contribution in [0.25, 0.3) is 0 Å². The molecule has 1 aromatic carbocycles. The van der Waals surface area contributed by atoms with Crippen LogP contribution in [0, 0.1) is 11.8 Å². The first-order valence-electron chi connectivity index (χ1n) is 12.1. The lowest BCUT2D eigenvalue weighted by molar-refractivity contribution is -0.226. The van der Waals surface area contributed by atoms with Crippen LogP contribution < -0.4 is 5.32 Å². The molecule has 0 unspecified atom stereocenters. The van der Waals surface area contributed by atoms with E-state index in [0.29, 0.717) is 35.6 Å². The third-order valence-corrected chi connectivity index (χ3v) is 7.29. The Hall–Kier alpha value is -2.84. The lowest BCUT2D eigenvalue weighted by atomic mass is 9.87. The van der Waals surface area contributed by atoms with Crippen molar-refractivity contribution in [3.8, 4) is 0 Å². The number of hydrogen-bond donors (Lipinski definition) is 1. The van der Waals surface area contributed by atoms with Gasteiger partial charge in [0.1, 0.15) is 0 Å². The van der Waals surface area contributed by atoms with Gasteiger partial charge in [-0.1, -0.05) is 15.9 Å². The van der Waals surface area contributed by atoms with Gasteiger partial charge in [-0.2, -0.15) is 26.3 Å². The lowest BCUT2D eigenvalue weighted by Gasteiger charge is -2.39. The van der Waals surface area contributed by atoms with Crippen LogP contribution in [-0.2, 0) is 14.4 Å². The summed E-state index contributed by atoms with van der Waals surface area (Å²) in [6, 6.07) is 3.95. The Labute approximate surface area is 228 Å². The Balaban J connectivity index is 1.68. The molecule has 4 amide bonds. The van der Waals surface area contributed by atoms with E-state index < -0.39 is 55.5 Å². The number of benzene rings is 1. The molecule has 39 heavy (non-hydrogen) atoms. The number of nitrogens with zero attached hydrogens (tertiary/aromatic N) is 3. The Morgan fingerprint density at radius 1 is 0.872 bits per heavy atom. The maximum Gasteiger partial charge on any atom is 0.393 e. The van der Waals surface area contributed by atoms with Gasteiger partial charge in [-0.25, -0.2) is 0 Å². The van der Waals surface area contributed by atoms with E-state index in [4.69, 9.17) is 0 Å². The molecule has 0 radical (unpaired) electrons. The number of hydrogen-bond acceptors (Lipinski definition) is 4. The molecule has 2 aliphatic rings. The Bertz CT molecular complexity index is 1080. The van der Waals surface area contributed by atoms with Gasteiger partial charge in [0.25, 0.3) is 5.91 Å². The number of alkyl halides is 6. The molecular formula is C24H27BrF6N4O4. The van der Waals surface area contributed by atoms with Crippen molar-refractivity contribution in [1.82, 2.24) is 14.7 Å². The summed E-state index contributed by atoms with van der Waals surface area (Å²) in [4.78, 5) is 53.3. The molecule has 2 atom stereocenters. The van der Waals surface area contributed by atoms with Crippen LogP contribution in [-0.4, -0.2) is 89.9 Å². The fraction of sp³-hybridized carbons (Fsp3) is 0.583. The van der Waals surface area contributed by atoms with Gasteiger partial charge < -0.3 is 20.0 Å². The van der Waals surface area contributed by atoms with Gasteiger partial charge >= 0.3 is 12.4 Å². The third-order valence-electron chi connectivity index (χ3n) is 6.79. The molecule has 1 N–H and O–H groups in total. The second-order valence-electron chi connectivity index (χ2n) is 9.55. The molecule has 0 bridgehead atoms. The van der Waals surface area contributed by atoms with E-state index in [1.807, 2.05) is 0 Å². The molecule has 0 saturated carbocycles. The highest BCUT2D eigenvalue weighted by Gasteiger charge is 2.52. The summed E-state index contributed by atoms with van der Waals surface area (Å²) in [7, 11) is 0. The molecule has 2 saturated heterocycles. The molecule has 216 valence electrons. The summed E-state index contributed by atoms with van der Waals surface area (Å²) in [5.41, 5.74) is -0.387. The summed E-state index contributed by atoms with van der Waals surface area (Å²) >= 11 is 3.13. The van der Waals surface area contributed by atoms with E-state index in [1.165, 1.54) is 30.0 Å². The second kappa shape index (κ2) is 12.1. The van der Waals surface area contributed by atoms with Crippen molar-refractivity contribution in [2.45, 2.75) is 38.5 Å². The molecule has 8 nitrogen and oxygen atoms in total. The highest BCUT2D eigenvalue weighted by atomic mass is 79.9. The second-order valence-corrected chi connectivity index (χ2v) is 10.5. The third kappa shape index (κ3) is 8.08. The van der Waals surface area contributed by atoms with E-state index in [1.54, 1.807) is 4.90 Å². The first kappa shape index (κ1) is 30.7. The van der Waals surface area contributed by atoms with E-state index in [-0.39, 0.29) is 35.9 Å². The first-order chi connectivity index (χ1) is 18.1. The Morgan fingerprint density at radius 2 is 1.41 bits per heavy atom. The predicted molar refractivity (Wildman–Crippen MR) is 130 cm³/mol. The maximum absolute atomic E-state index is 13.4. The smallest absolute Gasteiger partial charge is 0.339 e. The number of piperazine rings is 1. The topological polar surface area (TPSA) is 90.0 Å². The van der Waals surface area contributed by atoms with Gasteiger partial charge in [0, 0.05) is 63.5 Å². The minimum atomic E-state index is -4.93. The number of amides is 4. The normalized spacial score (nSPS) is 20.6. The number of nitrogens with one attached hydrogen (secondary N) is 1. The van der Waals surface area contributed by atoms with Gasteiger partial charge in [0.15, 0.2) is 0 Å². The van der Waals surface area contributed by atoms with Crippen molar-refractivity contribution in [2.75, 3.05) is 44.6 Å². The Morgan fingerprint density at radius 3 is 1.92 bits per heavy atom. The summed E-state index contributed by atoms with van der Waals surface area (Å²) in [6.45, 7) is 0.924. The average molecular weight is 629 g/mol. The summed E-state index contributed by atoms with van der Waals surface area (Å²) in [5.74, 6) is -6.87. The van der Waals surface area contributed by atoms with Gasteiger partial charge in [-0.05, 0) is 24.6 Å².